The number of benzene rings is 1. The Morgan fingerprint density at radius 2 is 1.95 bits per heavy atom. The summed E-state index contributed by atoms with van der Waals surface area (Å²) in [6.45, 7) is 4.03. The van der Waals surface area contributed by atoms with Crippen LogP contribution in [0.25, 0.3) is 0 Å². The molecule has 0 saturated carbocycles. The summed E-state index contributed by atoms with van der Waals surface area (Å²) in [7, 11) is -1.04. The molecule has 2 rings (SSSR count). The van der Waals surface area contributed by atoms with Crippen LogP contribution in [-0.4, -0.2) is 21.5 Å². The Bertz CT molecular complexity index is 627. The minimum absolute atomic E-state index is 0.182. The van der Waals surface area contributed by atoms with Gasteiger partial charge >= 0.3 is 0 Å². The van der Waals surface area contributed by atoms with Crippen molar-refractivity contribution in [2.75, 3.05) is 6.26 Å². The number of amides is 1. The van der Waals surface area contributed by atoms with Crippen LogP contribution < -0.4 is 5.32 Å². The van der Waals surface area contributed by atoms with Gasteiger partial charge in [0.1, 0.15) is 5.76 Å². The van der Waals surface area contributed by atoms with Gasteiger partial charge in [-0.1, -0.05) is 5.16 Å². The van der Waals surface area contributed by atoms with E-state index in [2.05, 4.69) is 10.5 Å². The molecule has 0 aliphatic heterocycles. The van der Waals surface area contributed by atoms with Crippen LogP contribution in [0.15, 0.2) is 33.7 Å². The van der Waals surface area contributed by atoms with E-state index in [-0.39, 0.29) is 5.91 Å². The SMILES string of the molecule is Cc1noc(C)c1CNC(=O)c1ccc([S@](C)=O)cc1. The van der Waals surface area contributed by atoms with E-state index in [1.54, 1.807) is 30.5 Å². The maximum absolute atomic E-state index is 12.0. The molecule has 0 bridgehead atoms. The van der Waals surface area contributed by atoms with Gasteiger partial charge in [-0.05, 0) is 38.1 Å². The Morgan fingerprint density at radius 3 is 2.45 bits per heavy atom. The molecule has 6 heteroatoms. The number of carbonyl (C=O) groups excluding carboxylic acids is 1. The van der Waals surface area contributed by atoms with E-state index < -0.39 is 10.8 Å². The predicted octanol–water partition coefficient (Wildman–Crippen LogP) is 1.96. The standard InChI is InChI=1S/C14H16N2O3S/c1-9-13(10(2)19-16-9)8-15-14(17)11-4-6-12(7-5-11)20(3)18/h4-7H,8H2,1-3H3,(H,15,17)/t20-/m0/s1. The van der Waals surface area contributed by atoms with E-state index in [9.17, 15) is 9.00 Å². The van der Waals surface area contributed by atoms with E-state index in [1.165, 1.54) is 0 Å². The van der Waals surface area contributed by atoms with Crippen LogP contribution in [0.4, 0.5) is 0 Å². The molecule has 2 aromatic rings. The highest BCUT2D eigenvalue weighted by Gasteiger charge is 2.11. The molecular formula is C14H16N2O3S. The Balaban J connectivity index is 2.03. The molecule has 20 heavy (non-hydrogen) atoms. The summed E-state index contributed by atoms with van der Waals surface area (Å²) in [5.74, 6) is 0.526. The minimum atomic E-state index is -1.04. The molecule has 0 aliphatic rings. The Labute approximate surface area is 119 Å². The lowest BCUT2D eigenvalue weighted by Crippen LogP contribution is -2.23. The van der Waals surface area contributed by atoms with E-state index in [4.69, 9.17) is 4.52 Å². The van der Waals surface area contributed by atoms with Crippen molar-refractivity contribution < 1.29 is 13.5 Å². The van der Waals surface area contributed by atoms with E-state index >= 15 is 0 Å². The zero-order valence-corrected chi connectivity index (χ0v) is 12.4. The molecule has 1 aromatic heterocycles. The summed E-state index contributed by atoms with van der Waals surface area (Å²) in [5.41, 5.74) is 2.20. The first kappa shape index (κ1) is 14.5. The number of nitrogens with one attached hydrogen (secondary N) is 1. The van der Waals surface area contributed by atoms with Gasteiger partial charge in [-0.15, -0.1) is 0 Å². The Morgan fingerprint density at radius 1 is 1.30 bits per heavy atom. The molecule has 1 heterocycles. The first-order valence-corrected chi connectivity index (χ1v) is 7.68. The molecule has 0 spiro atoms. The molecule has 0 fully saturated rings. The van der Waals surface area contributed by atoms with E-state index in [1.807, 2.05) is 13.8 Å². The van der Waals surface area contributed by atoms with Crippen LogP contribution >= 0.6 is 0 Å². The second kappa shape index (κ2) is 6.00. The number of aromatic nitrogens is 1. The molecule has 1 atom stereocenters. The maximum atomic E-state index is 12.0. The van der Waals surface area contributed by atoms with Crippen LogP contribution in [0.1, 0.15) is 27.4 Å². The van der Waals surface area contributed by atoms with Crippen LogP contribution in [-0.2, 0) is 17.3 Å². The summed E-state index contributed by atoms with van der Waals surface area (Å²) < 4.78 is 16.3. The monoisotopic (exact) mass is 292 g/mol. The third-order valence-corrected chi connectivity index (χ3v) is 3.99. The molecule has 5 nitrogen and oxygen atoms in total. The highest BCUT2D eigenvalue weighted by atomic mass is 32.2. The molecule has 1 N–H and O–H groups in total. The second-order valence-corrected chi connectivity index (χ2v) is 5.84. The number of carbonyl (C=O) groups is 1. The second-order valence-electron chi connectivity index (χ2n) is 4.46. The number of rotatable bonds is 4. The Hall–Kier alpha value is -1.95. The van der Waals surface area contributed by atoms with Crippen molar-refractivity contribution in [2.45, 2.75) is 25.3 Å². The Kier molecular flexibility index (Phi) is 4.34. The van der Waals surface area contributed by atoms with Gasteiger partial charge in [0.25, 0.3) is 5.91 Å². The lowest BCUT2D eigenvalue weighted by atomic mass is 10.2. The van der Waals surface area contributed by atoms with Crippen LogP contribution in [0.2, 0.25) is 0 Å². The highest BCUT2D eigenvalue weighted by molar-refractivity contribution is 7.84. The van der Waals surface area contributed by atoms with Gasteiger partial charge in [-0.3, -0.25) is 9.00 Å². The molecule has 1 amide bonds. The van der Waals surface area contributed by atoms with Crippen molar-refractivity contribution in [3.8, 4) is 0 Å². The van der Waals surface area contributed by atoms with Gasteiger partial charge in [0.2, 0.25) is 0 Å². The number of hydrogen-bond donors (Lipinski definition) is 1. The normalized spacial score (nSPS) is 12.2. The van der Waals surface area contributed by atoms with Gasteiger partial charge in [0, 0.05) is 39.6 Å². The topological polar surface area (TPSA) is 72.2 Å². The summed E-state index contributed by atoms with van der Waals surface area (Å²) >= 11 is 0. The van der Waals surface area contributed by atoms with Crippen molar-refractivity contribution in [3.63, 3.8) is 0 Å². The van der Waals surface area contributed by atoms with Gasteiger partial charge < -0.3 is 9.84 Å². The predicted molar refractivity (Wildman–Crippen MR) is 75.9 cm³/mol. The fourth-order valence-electron chi connectivity index (χ4n) is 1.82. The molecule has 106 valence electrons. The summed E-state index contributed by atoms with van der Waals surface area (Å²) in [5, 5.41) is 6.65. The number of nitrogens with zero attached hydrogens (tertiary/aromatic N) is 1. The van der Waals surface area contributed by atoms with Crippen molar-refractivity contribution in [1.29, 1.82) is 0 Å². The zero-order valence-electron chi connectivity index (χ0n) is 11.6. The van der Waals surface area contributed by atoms with Crippen molar-refractivity contribution in [2.24, 2.45) is 0 Å². The number of hydrogen-bond acceptors (Lipinski definition) is 4. The smallest absolute Gasteiger partial charge is 0.251 e. The third kappa shape index (κ3) is 3.14. The average molecular weight is 292 g/mol. The molecule has 1 aromatic carbocycles. The molecule has 0 aliphatic carbocycles. The van der Waals surface area contributed by atoms with Crippen molar-refractivity contribution >= 4 is 16.7 Å². The van der Waals surface area contributed by atoms with Gasteiger partial charge in [0.05, 0.1) is 5.69 Å². The zero-order chi connectivity index (χ0) is 14.7. The van der Waals surface area contributed by atoms with Gasteiger partial charge in [-0.25, -0.2) is 0 Å². The first-order chi connectivity index (χ1) is 9.49. The largest absolute Gasteiger partial charge is 0.361 e. The van der Waals surface area contributed by atoms with E-state index in [0.717, 1.165) is 11.3 Å². The van der Waals surface area contributed by atoms with Crippen LogP contribution in [0, 0.1) is 13.8 Å². The fraction of sp³-hybridized carbons (Fsp3) is 0.286. The van der Waals surface area contributed by atoms with Gasteiger partial charge in [0.15, 0.2) is 0 Å². The van der Waals surface area contributed by atoms with E-state index in [0.29, 0.717) is 22.8 Å². The molecule has 0 saturated heterocycles. The van der Waals surface area contributed by atoms with Crippen LogP contribution in [0.5, 0.6) is 0 Å². The molecule has 0 unspecified atom stereocenters. The lowest BCUT2D eigenvalue weighted by Gasteiger charge is -2.05. The third-order valence-electron chi connectivity index (χ3n) is 3.06. The number of aryl methyl sites for hydroxylation is 2. The highest BCUT2D eigenvalue weighted by Crippen LogP contribution is 2.12. The minimum Gasteiger partial charge on any atom is -0.361 e. The summed E-state index contributed by atoms with van der Waals surface area (Å²) in [4.78, 5) is 12.7. The van der Waals surface area contributed by atoms with Crippen molar-refractivity contribution in [3.05, 3.63) is 46.8 Å². The summed E-state index contributed by atoms with van der Waals surface area (Å²) in [6, 6.07) is 6.72. The molecule has 0 radical (unpaired) electrons. The fourth-order valence-corrected chi connectivity index (χ4v) is 2.34. The summed E-state index contributed by atoms with van der Waals surface area (Å²) in [6.07, 6.45) is 1.60. The maximum Gasteiger partial charge on any atom is 0.251 e. The van der Waals surface area contributed by atoms with Crippen molar-refractivity contribution in [1.82, 2.24) is 10.5 Å². The van der Waals surface area contributed by atoms with Crippen LogP contribution in [0.3, 0.4) is 0 Å². The quantitative estimate of drug-likeness (QED) is 0.935. The lowest BCUT2D eigenvalue weighted by molar-refractivity contribution is 0.0950. The molecular weight excluding hydrogens is 276 g/mol. The first-order valence-electron chi connectivity index (χ1n) is 6.12. The van der Waals surface area contributed by atoms with Gasteiger partial charge in [-0.2, -0.15) is 0 Å². The average Bonchev–Trinajstić information content (AvgIpc) is 2.75.